The van der Waals surface area contributed by atoms with Crippen LogP contribution in [0.15, 0.2) is 84.0 Å². The molecule has 0 aliphatic carbocycles. The molecule has 4 nitrogen and oxygen atoms in total. The highest BCUT2D eigenvalue weighted by Gasteiger charge is 2.25. The Labute approximate surface area is 177 Å². The van der Waals surface area contributed by atoms with Crippen LogP contribution in [-0.4, -0.2) is 28.9 Å². The first-order valence-electron chi connectivity index (χ1n) is 9.93. The Morgan fingerprint density at radius 2 is 1.72 bits per heavy atom. The van der Waals surface area contributed by atoms with Gasteiger partial charge in [0.15, 0.2) is 0 Å². The third-order valence-electron chi connectivity index (χ3n) is 4.79. The highest BCUT2D eigenvalue weighted by Crippen LogP contribution is 2.26. The summed E-state index contributed by atoms with van der Waals surface area (Å²) in [5, 5.41) is 3.09. The van der Waals surface area contributed by atoms with Gasteiger partial charge in [0.1, 0.15) is 6.04 Å². The molecule has 1 amide bonds. The number of amides is 1. The maximum atomic E-state index is 13.1. The van der Waals surface area contributed by atoms with Crippen molar-refractivity contribution in [2.24, 2.45) is 0 Å². The number of carbonyl (C=O) groups is 1. The third-order valence-corrected chi connectivity index (χ3v) is 5.87. The predicted molar refractivity (Wildman–Crippen MR) is 121 cm³/mol. The maximum Gasteiger partial charge on any atom is 0.246 e. The van der Waals surface area contributed by atoms with Gasteiger partial charge in [-0.3, -0.25) is 14.7 Å². The van der Waals surface area contributed by atoms with Crippen molar-refractivity contribution >= 4 is 23.4 Å². The van der Waals surface area contributed by atoms with Crippen molar-refractivity contribution in [3.63, 3.8) is 0 Å². The quantitative estimate of drug-likeness (QED) is 0.485. The van der Waals surface area contributed by atoms with Crippen molar-refractivity contribution in [3.05, 3.63) is 90.3 Å². The molecule has 2 aromatic carbocycles. The zero-order valence-electron chi connectivity index (χ0n) is 16.9. The van der Waals surface area contributed by atoms with Gasteiger partial charge >= 0.3 is 0 Å². The molecule has 0 spiro atoms. The Bertz CT molecular complexity index is 881. The van der Waals surface area contributed by atoms with Crippen LogP contribution in [0.3, 0.4) is 0 Å². The van der Waals surface area contributed by atoms with Crippen LogP contribution in [0.25, 0.3) is 0 Å². The van der Waals surface area contributed by atoms with Gasteiger partial charge in [0.05, 0.1) is 0 Å². The summed E-state index contributed by atoms with van der Waals surface area (Å²) in [6.45, 7) is 5.79. The summed E-state index contributed by atoms with van der Waals surface area (Å²) in [6, 6.07) is 21.7. The van der Waals surface area contributed by atoms with Crippen LogP contribution in [0.5, 0.6) is 0 Å². The van der Waals surface area contributed by atoms with E-state index in [9.17, 15) is 4.79 Å². The molecule has 150 valence electrons. The average molecular weight is 406 g/mol. The molecule has 3 aromatic rings. The number of nitrogens with one attached hydrogen (secondary N) is 1. The number of thioether (sulfide) groups is 1. The highest BCUT2D eigenvalue weighted by molar-refractivity contribution is 7.98. The number of anilines is 1. The maximum absolute atomic E-state index is 13.1. The molecular weight excluding hydrogens is 378 g/mol. The van der Waals surface area contributed by atoms with Crippen LogP contribution in [-0.2, 0) is 10.5 Å². The molecule has 0 radical (unpaired) electrons. The van der Waals surface area contributed by atoms with Gasteiger partial charge in [-0.05, 0) is 54.5 Å². The van der Waals surface area contributed by atoms with E-state index in [0.717, 1.165) is 35.0 Å². The number of nitrogens with zero attached hydrogens (tertiary/aromatic N) is 2. The molecule has 0 bridgehead atoms. The summed E-state index contributed by atoms with van der Waals surface area (Å²) in [5.41, 5.74) is 3.02. The van der Waals surface area contributed by atoms with Crippen LogP contribution in [0, 0.1) is 0 Å². The SMILES string of the molecule is CCN(CC)C(C(=O)Nc1ccc(SCc2cccnc2)cc1)c1ccccc1. The van der Waals surface area contributed by atoms with Crippen molar-refractivity contribution in [3.8, 4) is 0 Å². The van der Waals surface area contributed by atoms with E-state index in [1.165, 1.54) is 5.56 Å². The largest absolute Gasteiger partial charge is 0.324 e. The summed E-state index contributed by atoms with van der Waals surface area (Å²) in [7, 11) is 0. The Morgan fingerprint density at radius 3 is 2.34 bits per heavy atom. The van der Waals surface area contributed by atoms with Gasteiger partial charge in [0.2, 0.25) is 5.91 Å². The average Bonchev–Trinajstić information content (AvgIpc) is 2.78. The normalized spacial score (nSPS) is 12.0. The second-order valence-electron chi connectivity index (χ2n) is 6.70. The van der Waals surface area contributed by atoms with Crippen molar-refractivity contribution < 1.29 is 4.79 Å². The Balaban J connectivity index is 1.66. The Kier molecular flexibility index (Phi) is 7.85. The number of benzene rings is 2. The van der Waals surface area contributed by atoms with Gasteiger partial charge < -0.3 is 5.32 Å². The first-order valence-corrected chi connectivity index (χ1v) is 10.9. The lowest BCUT2D eigenvalue weighted by Crippen LogP contribution is -2.37. The highest BCUT2D eigenvalue weighted by atomic mass is 32.2. The molecule has 29 heavy (non-hydrogen) atoms. The van der Waals surface area contributed by atoms with Gasteiger partial charge in [-0.25, -0.2) is 0 Å². The van der Waals surface area contributed by atoms with Crippen LogP contribution >= 0.6 is 11.8 Å². The Morgan fingerprint density at radius 1 is 1.00 bits per heavy atom. The third kappa shape index (κ3) is 5.92. The molecule has 1 unspecified atom stereocenters. The smallest absolute Gasteiger partial charge is 0.246 e. The minimum Gasteiger partial charge on any atom is -0.324 e. The van der Waals surface area contributed by atoms with Crippen LogP contribution in [0.2, 0.25) is 0 Å². The second-order valence-corrected chi connectivity index (χ2v) is 7.75. The van der Waals surface area contributed by atoms with E-state index in [1.807, 2.05) is 66.9 Å². The zero-order chi connectivity index (χ0) is 20.5. The van der Waals surface area contributed by atoms with Gasteiger partial charge in [-0.15, -0.1) is 11.8 Å². The van der Waals surface area contributed by atoms with Crippen molar-refractivity contribution in [1.82, 2.24) is 9.88 Å². The summed E-state index contributed by atoms with van der Waals surface area (Å²) in [6.07, 6.45) is 3.67. The van der Waals surface area contributed by atoms with Gasteiger partial charge in [0, 0.05) is 28.7 Å². The van der Waals surface area contributed by atoms with E-state index >= 15 is 0 Å². The fraction of sp³-hybridized carbons (Fsp3) is 0.250. The number of hydrogen-bond acceptors (Lipinski definition) is 4. The summed E-state index contributed by atoms with van der Waals surface area (Å²) < 4.78 is 0. The molecule has 0 aliphatic heterocycles. The first-order chi connectivity index (χ1) is 14.2. The lowest BCUT2D eigenvalue weighted by atomic mass is 10.0. The van der Waals surface area contributed by atoms with E-state index in [-0.39, 0.29) is 11.9 Å². The number of hydrogen-bond donors (Lipinski definition) is 1. The fourth-order valence-electron chi connectivity index (χ4n) is 3.25. The van der Waals surface area contributed by atoms with E-state index in [1.54, 1.807) is 18.0 Å². The number of rotatable bonds is 9. The minimum absolute atomic E-state index is 0.00402. The van der Waals surface area contributed by atoms with E-state index in [0.29, 0.717) is 0 Å². The first kappa shape index (κ1) is 21.1. The number of pyridine rings is 1. The van der Waals surface area contributed by atoms with Crippen molar-refractivity contribution in [2.75, 3.05) is 18.4 Å². The number of aromatic nitrogens is 1. The topological polar surface area (TPSA) is 45.2 Å². The second kappa shape index (κ2) is 10.8. The molecule has 1 N–H and O–H groups in total. The number of likely N-dealkylation sites (N-methyl/N-ethyl adjacent to an activating group) is 1. The standard InChI is InChI=1S/C24H27N3OS/c1-3-27(4-2)23(20-10-6-5-7-11-20)24(28)26-21-12-14-22(15-13-21)29-18-19-9-8-16-25-17-19/h5-17,23H,3-4,18H2,1-2H3,(H,26,28). The molecule has 0 saturated carbocycles. The minimum atomic E-state index is -0.300. The van der Waals surface area contributed by atoms with Gasteiger partial charge in [-0.1, -0.05) is 50.2 Å². The predicted octanol–water partition coefficient (Wildman–Crippen LogP) is 5.40. The molecule has 1 atom stereocenters. The summed E-state index contributed by atoms with van der Waals surface area (Å²) in [5.74, 6) is 0.869. The number of carbonyl (C=O) groups excluding carboxylic acids is 1. The molecule has 1 heterocycles. The van der Waals surface area contributed by atoms with Crippen molar-refractivity contribution in [1.29, 1.82) is 0 Å². The summed E-state index contributed by atoms with van der Waals surface area (Å²) >= 11 is 1.76. The van der Waals surface area contributed by atoms with Crippen molar-refractivity contribution in [2.45, 2.75) is 30.5 Å². The van der Waals surface area contributed by atoms with Crippen LogP contribution in [0.1, 0.15) is 31.0 Å². The lowest BCUT2D eigenvalue weighted by Gasteiger charge is -2.29. The molecule has 1 aromatic heterocycles. The van der Waals surface area contributed by atoms with E-state index in [4.69, 9.17) is 0 Å². The molecule has 0 saturated heterocycles. The molecular formula is C24H27N3OS. The lowest BCUT2D eigenvalue weighted by molar-refractivity contribution is -0.121. The van der Waals surface area contributed by atoms with Crippen LogP contribution < -0.4 is 5.32 Å². The van der Waals surface area contributed by atoms with E-state index in [2.05, 4.69) is 35.1 Å². The Hall–Kier alpha value is -2.63. The van der Waals surface area contributed by atoms with Gasteiger partial charge in [0.25, 0.3) is 0 Å². The molecule has 0 fully saturated rings. The monoisotopic (exact) mass is 405 g/mol. The molecule has 5 heteroatoms. The van der Waals surface area contributed by atoms with E-state index < -0.39 is 0 Å². The van der Waals surface area contributed by atoms with Gasteiger partial charge in [-0.2, -0.15) is 0 Å². The molecule has 0 aliphatic rings. The zero-order valence-corrected chi connectivity index (χ0v) is 17.7. The molecule has 3 rings (SSSR count). The summed E-state index contributed by atoms with van der Waals surface area (Å²) in [4.78, 5) is 20.6. The fourth-order valence-corrected chi connectivity index (χ4v) is 4.08. The van der Waals surface area contributed by atoms with Crippen LogP contribution in [0.4, 0.5) is 5.69 Å².